The molecular formula is C28H22. The Morgan fingerprint density at radius 3 is 1.39 bits per heavy atom. The maximum absolute atomic E-state index is 2.39. The first-order valence-corrected chi connectivity index (χ1v) is 9.84. The number of benzene rings is 4. The molecule has 0 spiro atoms. The average molecular weight is 358 g/mol. The van der Waals surface area contributed by atoms with Gasteiger partial charge in [-0.1, -0.05) is 127 Å². The van der Waals surface area contributed by atoms with E-state index in [2.05, 4.69) is 127 Å². The predicted octanol–water partition coefficient (Wildman–Crippen LogP) is 6.83. The number of fused-ring (bicyclic) bond motifs is 1. The number of allylic oxidation sites excluding steroid dienone is 1. The first kappa shape index (κ1) is 16.8. The topological polar surface area (TPSA) is 0 Å². The van der Waals surface area contributed by atoms with Crippen molar-refractivity contribution < 1.29 is 0 Å². The van der Waals surface area contributed by atoms with Gasteiger partial charge in [-0.3, -0.25) is 0 Å². The lowest BCUT2D eigenvalue weighted by Crippen LogP contribution is -2.35. The van der Waals surface area contributed by atoms with Crippen LogP contribution >= 0.6 is 0 Å². The summed E-state index contributed by atoms with van der Waals surface area (Å²) in [5.41, 5.74) is 6.38. The maximum Gasteiger partial charge on any atom is 0.0554 e. The van der Waals surface area contributed by atoms with Crippen molar-refractivity contribution in [2.75, 3.05) is 0 Å². The van der Waals surface area contributed by atoms with Gasteiger partial charge < -0.3 is 0 Å². The summed E-state index contributed by atoms with van der Waals surface area (Å²) in [6, 6.07) is 41.6. The van der Waals surface area contributed by atoms with Gasteiger partial charge in [-0.25, -0.2) is 0 Å². The van der Waals surface area contributed by atoms with Crippen molar-refractivity contribution in [3.8, 4) is 0 Å². The number of rotatable bonds is 4. The van der Waals surface area contributed by atoms with E-state index in [1.165, 1.54) is 27.8 Å². The van der Waals surface area contributed by atoms with Crippen molar-refractivity contribution in [1.29, 1.82) is 0 Å². The Labute approximate surface area is 166 Å². The van der Waals surface area contributed by atoms with Gasteiger partial charge in [-0.2, -0.15) is 0 Å². The summed E-state index contributed by atoms with van der Waals surface area (Å²) in [4.78, 5) is 0. The van der Waals surface area contributed by atoms with Gasteiger partial charge in [-0.05, 0) is 27.8 Å². The predicted molar refractivity (Wildman–Crippen MR) is 117 cm³/mol. The summed E-state index contributed by atoms with van der Waals surface area (Å²) in [5.74, 6) is 0.232. The second-order valence-corrected chi connectivity index (χ2v) is 7.37. The molecule has 0 saturated carbocycles. The van der Waals surface area contributed by atoms with Crippen LogP contribution < -0.4 is 0 Å². The summed E-state index contributed by atoms with van der Waals surface area (Å²) in [6.45, 7) is 0. The van der Waals surface area contributed by atoms with E-state index in [9.17, 15) is 0 Å². The smallest absolute Gasteiger partial charge is 0.0554 e. The van der Waals surface area contributed by atoms with Gasteiger partial charge in [0.25, 0.3) is 0 Å². The highest BCUT2D eigenvalue weighted by atomic mass is 14.5. The van der Waals surface area contributed by atoms with Crippen molar-refractivity contribution in [2.24, 2.45) is 0 Å². The summed E-state index contributed by atoms with van der Waals surface area (Å²) in [7, 11) is 0. The second kappa shape index (κ2) is 6.98. The molecule has 0 aliphatic heterocycles. The quantitative estimate of drug-likeness (QED) is 0.351. The minimum absolute atomic E-state index is 0.232. The lowest BCUT2D eigenvalue weighted by molar-refractivity contribution is 0.556. The average Bonchev–Trinajstić information content (AvgIpc) is 3.21. The molecule has 0 nitrogen and oxygen atoms in total. The Morgan fingerprint density at radius 2 is 0.893 bits per heavy atom. The monoisotopic (exact) mass is 358 g/mol. The molecule has 5 rings (SSSR count). The van der Waals surface area contributed by atoms with Crippen LogP contribution in [0.25, 0.3) is 6.08 Å². The van der Waals surface area contributed by atoms with E-state index >= 15 is 0 Å². The van der Waals surface area contributed by atoms with Gasteiger partial charge in [-0.15, -0.1) is 0 Å². The fourth-order valence-corrected chi connectivity index (χ4v) is 4.77. The van der Waals surface area contributed by atoms with Gasteiger partial charge in [0.05, 0.1) is 5.41 Å². The van der Waals surface area contributed by atoms with Crippen LogP contribution in [0, 0.1) is 0 Å². The molecule has 134 valence electrons. The van der Waals surface area contributed by atoms with E-state index in [4.69, 9.17) is 0 Å². The van der Waals surface area contributed by atoms with E-state index < -0.39 is 0 Å². The minimum Gasteiger partial charge on any atom is -0.0748 e. The third-order valence-electron chi connectivity index (χ3n) is 5.95. The fraction of sp³-hybridized carbons (Fsp3) is 0.0714. The van der Waals surface area contributed by atoms with Crippen LogP contribution in [-0.2, 0) is 5.41 Å². The largest absolute Gasteiger partial charge is 0.0748 e. The molecule has 0 N–H and O–H groups in total. The molecule has 0 amide bonds. The summed E-state index contributed by atoms with van der Waals surface area (Å²) in [6.07, 6.45) is 4.67. The van der Waals surface area contributed by atoms with Crippen LogP contribution in [0.2, 0.25) is 0 Å². The molecule has 1 unspecified atom stereocenters. The Bertz CT molecular complexity index is 996. The molecule has 0 heteroatoms. The summed E-state index contributed by atoms with van der Waals surface area (Å²) < 4.78 is 0. The highest BCUT2D eigenvalue weighted by Gasteiger charge is 2.44. The standard InChI is InChI=1S/C28H22/c1-4-13-23(14-5-1)28(24-15-6-2-7-16-24,25-17-8-3-9-18-25)27-21-20-22-12-10-11-19-26(22)27/h1-21,27H. The van der Waals surface area contributed by atoms with Gasteiger partial charge in [0, 0.05) is 5.92 Å². The Morgan fingerprint density at radius 1 is 0.464 bits per heavy atom. The Kier molecular flexibility index (Phi) is 4.18. The van der Waals surface area contributed by atoms with E-state index in [0.717, 1.165) is 0 Å². The number of hydrogen-bond donors (Lipinski definition) is 0. The fourth-order valence-electron chi connectivity index (χ4n) is 4.77. The third-order valence-corrected chi connectivity index (χ3v) is 5.95. The lowest BCUT2D eigenvalue weighted by Gasteiger charge is -2.41. The molecule has 28 heavy (non-hydrogen) atoms. The van der Waals surface area contributed by atoms with Crippen molar-refractivity contribution in [3.05, 3.63) is 149 Å². The molecule has 1 atom stereocenters. The Balaban J connectivity index is 1.88. The molecule has 0 saturated heterocycles. The molecule has 1 aliphatic rings. The summed E-state index contributed by atoms with van der Waals surface area (Å²) >= 11 is 0. The van der Waals surface area contributed by atoms with Crippen molar-refractivity contribution in [3.63, 3.8) is 0 Å². The van der Waals surface area contributed by atoms with Crippen LogP contribution in [-0.4, -0.2) is 0 Å². The normalized spacial score (nSPS) is 15.4. The van der Waals surface area contributed by atoms with E-state index in [1.807, 2.05) is 0 Å². The molecule has 4 aromatic rings. The van der Waals surface area contributed by atoms with Crippen LogP contribution in [0.15, 0.2) is 121 Å². The number of hydrogen-bond acceptors (Lipinski definition) is 0. The molecule has 0 heterocycles. The molecule has 4 aromatic carbocycles. The molecule has 0 aromatic heterocycles. The highest BCUT2D eigenvalue weighted by Crippen LogP contribution is 2.53. The van der Waals surface area contributed by atoms with Crippen LogP contribution in [0.3, 0.4) is 0 Å². The van der Waals surface area contributed by atoms with Crippen LogP contribution in [0.1, 0.15) is 33.7 Å². The van der Waals surface area contributed by atoms with Gasteiger partial charge in [0.2, 0.25) is 0 Å². The van der Waals surface area contributed by atoms with Crippen LogP contribution in [0.4, 0.5) is 0 Å². The van der Waals surface area contributed by atoms with Crippen molar-refractivity contribution in [1.82, 2.24) is 0 Å². The minimum atomic E-state index is -0.285. The molecule has 0 fully saturated rings. The first-order valence-electron chi connectivity index (χ1n) is 9.84. The van der Waals surface area contributed by atoms with Gasteiger partial charge in [0.1, 0.15) is 0 Å². The molecule has 0 radical (unpaired) electrons. The highest BCUT2D eigenvalue weighted by molar-refractivity contribution is 5.68. The van der Waals surface area contributed by atoms with Gasteiger partial charge in [0.15, 0.2) is 0 Å². The third kappa shape index (κ3) is 2.53. The first-order chi connectivity index (χ1) is 13.9. The van der Waals surface area contributed by atoms with E-state index in [-0.39, 0.29) is 11.3 Å². The molecule has 0 bridgehead atoms. The van der Waals surface area contributed by atoms with Gasteiger partial charge >= 0.3 is 0 Å². The van der Waals surface area contributed by atoms with Crippen molar-refractivity contribution >= 4 is 6.08 Å². The molecule has 1 aliphatic carbocycles. The molecular weight excluding hydrogens is 336 g/mol. The Hall–Kier alpha value is -3.38. The zero-order valence-electron chi connectivity index (χ0n) is 15.7. The van der Waals surface area contributed by atoms with Crippen molar-refractivity contribution in [2.45, 2.75) is 11.3 Å². The van der Waals surface area contributed by atoms with E-state index in [0.29, 0.717) is 0 Å². The zero-order chi connectivity index (χ0) is 18.8. The van der Waals surface area contributed by atoms with E-state index in [1.54, 1.807) is 0 Å². The SMILES string of the molecule is C1=CC(C(c2ccccc2)(c2ccccc2)c2ccccc2)c2ccccc21. The zero-order valence-corrected chi connectivity index (χ0v) is 15.7. The second-order valence-electron chi connectivity index (χ2n) is 7.37. The van der Waals surface area contributed by atoms with Crippen LogP contribution in [0.5, 0.6) is 0 Å². The lowest BCUT2D eigenvalue weighted by atomic mass is 9.60. The summed E-state index contributed by atoms with van der Waals surface area (Å²) in [5, 5.41) is 0. The maximum atomic E-state index is 2.39.